The molecule has 0 saturated carbocycles. The van der Waals surface area contributed by atoms with Gasteiger partial charge in [0.15, 0.2) is 6.61 Å². The Morgan fingerprint density at radius 1 is 1.00 bits per heavy atom. The Morgan fingerprint density at radius 3 is 2.42 bits per heavy atom. The molecule has 0 aliphatic rings. The van der Waals surface area contributed by atoms with Crippen LogP contribution in [0, 0.1) is 12.7 Å². The molecule has 1 heterocycles. The third-order valence-corrected chi connectivity index (χ3v) is 5.17. The number of para-hydroxylation sites is 1. The van der Waals surface area contributed by atoms with Crippen LogP contribution in [0.25, 0.3) is 16.6 Å². The van der Waals surface area contributed by atoms with Crippen LogP contribution >= 0.6 is 0 Å². The van der Waals surface area contributed by atoms with Crippen LogP contribution in [0.4, 0.5) is 10.1 Å². The molecule has 3 aromatic carbocycles. The SMILES string of the molecule is CCOC(=O)c1c(C)n(-c2ccccc2)c2ccc(OCC(=O)Nc3ccc(F)cc3)cc12. The van der Waals surface area contributed by atoms with Crippen molar-refractivity contribution in [1.29, 1.82) is 0 Å². The Bertz CT molecular complexity index is 1300. The molecular formula is C26H23FN2O4. The molecule has 0 fully saturated rings. The van der Waals surface area contributed by atoms with Gasteiger partial charge in [-0.1, -0.05) is 18.2 Å². The summed E-state index contributed by atoms with van der Waals surface area (Å²) in [4.78, 5) is 25.0. The van der Waals surface area contributed by atoms with Gasteiger partial charge in [0, 0.05) is 22.5 Å². The van der Waals surface area contributed by atoms with Crippen molar-refractivity contribution in [2.75, 3.05) is 18.5 Å². The first-order valence-electron chi connectivity index (χ1n) is 10.5. The smallest absolute Gasteiger partial charge is 0.340 e. The zero-order chi connectivity index (χ0) is 23.4. The van der Waals surface area contributed by atoms with Gasteiger partial charge in [0.2, 0.25) is 0 Å². The van der Waals surface area contributed by atoms with Gasteiger partial charge in [0.25, 0.3) is 5.91 Å². The summed E-state index contributed by atoms with van der Waals surface area (Å²) in [5.41, 5.74) is 3.42. The van der Waals surface area contributed by atoms with Gasteiger partial charge in [-0.15, -0.1) is 0 Å². The zero-order valence-corrected chi connectivity index (χ0v) is 18.3. The summed E-state index contributed by atoms with van der Waals surface area (Å²) < 4.78 is 26.0. The van der Waals surface area contributed by atoms with Gasteiger partial charge in [0.1, 0.15) is 11.6 Å². The van der Waals surface area contributed by atoms with E-state index in [2.05, 4.69) is 5.32 Å². The van der Waals surface area contributed by atoms with Crippen molar-refractivity contribution in [3.63, 3.8) is 0 Å². The number of esters is 1. The van der Waals surface area contributed by atoms with Gasteiger partial charge in [-0.25, -0.2) is 9.18 Å². The fraction of sp³-hybridized carbons (Fsp3) is 0.154. The minimum absolute atomic E-state index is 0.240. The minimum Gasteiger partial charge on any atom is -0.484 e. The number of fused-ring (bicyclic) bond motifs is 1. The average molecular weight is 446 g/mol. The molecule has 168 valence electrons. The van der Waals surface area contributed by atoms with Crippen LogP contribution in [0.5, 0.6) is 5.75 Å². The maximum absolute atomic E-state index is 13.0. The lowest BCUT2D eigenvalue weighted by Gasteiger charge is -2.09. The molecule has 0 atom stereocenters. The van der Waals surface area contributed by atoms with Gasteiger partial charge in [-0.2, -0.15) is 0 Å². The van der Waals surface area contributed by atoms with Crippen molar-refractivity contribution in [1.82, 2.24) is 4.57 Å². The Labute approximate surface area is 190 Å². The number of halogens is 1. The van der Waals surface area contributed by atoms with E-state index in [4.69, 9.17) is 9.47 Å². The summed E-state index contributed by atoms with van der Waals surface area (Å²) in [7, 11) is 0. The van der Waals surface area contributed by atoms with Gasteiger partial charge in [-0.3, -0.25) is 4.79 Å². The van der Waals surface area contributed by atoms with Crippen LogP contribution in [0.3, 0.4) is 0 Å². The topological polar surface area (TPSA) is 69.6 Å². The van der Waals surface area contributed by atoms with E-state index in [0.717, 1.165) is 16.9 Å². The number of nitrogens with zero attached hydrogens (tertiary/aromatic N) is 1. The number of anilines is 1. The maximum Gasteiger partial charge on any atom is 0.340 e. The van der Waals surface area contributed by atoms with Crippen LogP contribution in [-0.2, 0) is 9.53 Å². The average Bonchev–Trinajstić information content (AvgIpc) is 3.11. The molecule has 1 N–H and O–H groups in total. The summed E-state index contributed by atoms with van der Waals surface area (Å²) >= 11 is 0. The highest BCUT2D eigenvalue weighted by Crippen LogP contribution is 2.32. The molecule has 0 aliphatic carbocycles. The number of ether oxygens (including phenoxy) is 2. The van der Waals surface area contributed by atoms with E-state index in [1.807, 2.05) is 47.9 Å². The number of nitrogens with one attached hydrogen (secondary N) is 1. The van der Waals surface area contributed by atoms with Crippen molar-refractivity contribution in [2.24, 2.45) is 0 Å². The monoisotopic (exact) mass is 446 g/mol. The van der Waals surface area contributed by atoms with E-state index in [1.54, 1.807) is 19.1 Å². The number of benzene rings is 3. The molecular weight excluding hydrogens is 423 g/mol. The van der Waals surface area contributed by atoms with Crippen LogP contribution in [0.2, 0.25) is 0 Å². The second-order valence-corrected chi connectivity index (χ2v) is 7.37. The largest absolute Gasteiger partial charge is 0.484 e. The third-order valence-electron chi connectivity index (χ3n) is 5.17. The molecule has 0 aliphatic heterocycles. The zero-order valence-electron chi connectivity index (χ0n) is 18.3. The van der Waals surface area contributed by atoms with Crippen LogP contribution in [-0.4, -0.2) is 29.7 Å². The summed E-state index contributed by atoms with van der Waals surface area (Å²) in [6, 6.07) is 20.5. The highest BCUT2D eigenvalue weighted by Gasteiger charge is 2.22. The fourth-order valence-corrected chi connectivity index (χ4v) is 3.74. The molecule has 1 amide bonds. The van der Waals surface area contributed by atoms with E-state index in [1.165, 1.54) is 24.3 Å². The number of carbonyl (C=O) groups excluding carboxylic acids is 2. The van der Waals surface area contributed by atoms with Crippen molar-refractivity contribution >= 4 is 28.5 Å². The first-order chi connectivity index (χ1) is 16.0. The van der Waals surface area contributed by atoms with Crippen molar-refractivity contribution < 1.29 is 23.5 Å². The van der Waals surface area contributed by atoms with Gasteiger partial charge in [0.05, 0.1) is 17.7 Å². The number of amides is 1. The highest BCUT2D eigenvalue weighted by atomic mass is 19.1. The van der Waals surface area contributed by atoms with Gasteiger partial charge < -0.3 is 19.4 Å². The van der Waals surface area contributed by atoms with Crippen LogP contribution in [0.1, 0.15) is 23.0 Å². The third kappa shape index (κ3) is 4.72. The lowest BCUT2D eigenvalue weighted by atomic mass is 10.1. The Balaban J connectivity index is 1.63. The minimum atomic E-state index is -0.416. The number of rotatable bonds is 7. The Kier molecular flexibility index (Phi) is 6.40. The molecule has 0 spiro atoms. The quantitative estimate of drug-likeness (QED) is 0.393. The summed E-state index contributed by atoms with van der Waals surface area (Å²) in [6.45, 7) is 3.65. The molecule has 33 heavy (non-hydrogen) atoms. The first kappa shape index (κ1) is 22.1. The number of hydrogen-bond donors (Lipinski definition) is 1. The van der Waals surface area contributed by atoms with Gasteiger partial charge in [-0.05, 0) is 68.4 Å². The van der Waals surface area contributed by atoms with Crippen molar-refractivity contribution in [3.8, 4) is 11.4 Å². The van der Waals surface area contributed by atoms with E-state index < -0.39 is 5.97 Å². The van der Waals surface area contributed by atoms with E-state index in [9.17, 15) is 14.0 Å². The first-order valence-corrected chi connectivity index (χ1v) is 10.5. The van der Waals surface area contributed by atoms with Crippen molar-refractivity contribution in [2.45, 2.75) is 13.8 Å². The molecule has 1 aromatic heterocycles. The molecule has 7 heteroatoms. The normalized spacial score (nSPS) is 10.8. The lowest BCUT2D eigenvalue weighted by molar-refractivity contribution is -0.118. The molecule has 4 aromatic rings. The lowest BCUT2D eigenvalue weighted by Crippen LogP contribution is -2.20. The molecule has 0 bridgehead atoms. The number of aromatic nitrogens is 1. The summed E-state index contributed by atoms with van der Waals surface area (Å²) in [6.07, 6.45) is 0. The molecule has 0 saturated heterocycles. The highest BCUT2D eigenvalue weighted by molar-refractivity contribution is 6.07. The molecule has 0 radical (unpaired) electrons. The Morgan fingerprint density at radius 2 is 1.73 bits per heavy atom. The second kappa shape index (κ2) is 9.56. The second-order valence-electron chi connectivity index (χ2n) is 7.37. The summed E-state index contributed by atoms with van der Waals surface area (Å²) in [5.74, 6) is -0.744. The van der Waals surface area contributed by atoms with Gasteiger partial charge >= 0.3 is 5.97 Å². The maximum atomic E-state index is 13.0. The predicted octanol–water partition coefficient (Wildman–Crippen LogP) is 5.27. The molecule has 6 nitrogen and oxygen atoms in total. The predicted molar refractivity (Wildman–Crippen MR) is 124 cm³/mol. The Hall–Kier alpha value is -4.13. The molecule has 0 unspecified atom stereocenters. The fourth-order valence-electron chi connectivity index (χ4n) is 3.74. The molecule has 4 rings (SSSR count). The van der Waals surface area contributed by atoms with Crippen LogP contribution < -0.4 is 10.1 Å². The standard InChI is InChI=1S/C26H23FN2O4/c1-3-32-26(31)25-17(2)29(20-7-5-4-6-8-20)23-14-13-21(15-22(23)25)33-16-24(30)28-19-11-9-18(27)10-12-19/h4-15H,3,16H2,1-2H3,(H,28,30). The van der Waals surface area contributed by atoms with E-state index in [0.29, 0.717) is 22.4 Å². The number of carbonyl (C=O) groups is 2. The summed E-state index contributed by atoms with van der Waals surface area (Å²) in [5, 5.41) is 3.32. The van der Waals surface area contributed by atoms with Crippen LogP contribution in [0.15, 0.2) is 72.8 Å². The van der Waals surface area contributed by atoms with E-state index >= 15 is 0 Å². The number of hydrogen-bond acceptors (Lipinski definition) is 4. The van der Waals surface area contributed by atoms with E-state index in [-0.39, 0.29) is 24.9 Å². The van der Waals surface area contributed by atoms with Crippen molar-refractivity contribution in [3.05, 3.63) is 89.9 Å².